The van der Waals surface area contributed by atoms with Gasteiger partial charge in [-0.2, -0.15) is 0 Å². The Bertz CT molecular complexity index is 611. The van der Waals surface area contributed by atoms with Gasteiger partial charge >= 0.3 is 0 Å². The van der Waals surface area contributed by atoms with Crippen LogP contribution in [0.1, 0.15) is 24.1 Å². The topological polar surface area (TPSA) is 12.0 Å². The zero-order valence-corrected chi connectivity index (χ0v) is 14.6. The largest absolute Gasteiger partial charge is 0.310 e. The Kier molecular flexibility index (Phi) is 5.90. The predicted octanol–water partition coefficient (Wildman–Crippen LogP) is 5.38. The van der Waals surface area contributed by atoms with Crippen molar-refractivity contribution < 1.29 is 8.78 Å². The van der Waals surface area contributed by atoms with Gasteiger partial charge in [-0.3, -0.25) is 0 Å². The molecule has 1 atom stereocenters. The molecule has 1 unspecified atom stereocenters. The highest BCUT2D eigenvalue weighted by Crippen LogP contribution is 2.30. The highest BCUT2D eigenvalue weighted by atomic mass is 79.9. The second-order valence-electron chi connectivity index (χ2n) is 4.68. The summed E-state index contributed by atoms with van der Waals surface area (Å²) in [5.41, 5.74) is 1.07. The van der Waals surface area contributed by atoms with Crippen molar-refractivity contribution in [2.24, 2.45) is 0 Å². The Morgan fingerprint density at radius 3 is 2.38 bits per heavy atom. The molecule has 21 heavy (non-hydrogen) atoms. The molecule has 0 aliphatic carbocycles. The lowest BCUT2D eigenvalue weighted by atomic mass is 9.98. The molecule has 0 aliphatic heterocycles. The maximum atomic E-state index is 13.9. The molecule has 0 saturated heterocycles. The van der Waals surface area contributed by atoms with Gasteiger partial charge in [-0.15, -0.1) is 0 Å². The van der Waals surface area contributed by atoms with Crippen molar-refractivity contribution >= 4 is 31.9 Å². The van der Waals surface area contributed by atoms with Crippen molar-refractivity contribution in [1.82, 2.24) is 5.32 Å². The van der Waals surface area contributed by atoms with Gasteiger partial charge in [-0.1, -0.05) is 44.8 Å². The van der Waals surface area contributed by atoms with E-state index in [0.29, 0.717) is 6.54 Å². The molecule has 0 saturated carbocycles. The number of hydrogen-bond donors (Lipinski definition) is 1. The van der Waals surface area contributed by atoms with Crippen LogP contribution in [0, 0.1) is 11.6 Å². The van der Waals surface area contributed by atoms with Crippen LogP contribution in [0.5, 0.6) is 0 Å². The van der Waals surface area contributed by atoms with E-state index in [1.165, 1.54) is 18.2 Å². The molecule has 1 nitrogen and oxygen atoms in total. The minimum Gasteiger partial charge on any atom is -0.310 e. The Morgan fingerprint density at radius 2 is 1.76 bits per heavy atom. The van der Waals surface area contributed by atoms with Crippen LogP contribution in [0.4, 0.5) is 8.78 Å². The van der Waals surface area contributed by atoms with Crippen molar-refractivity contribution in [2.75, 3.05) is 6.54 Å². The van der Waals surface area contributed by atoms with Gasteiger partial charge in [0.05, 0.1) is 0 Å². The van der Waals surface area contributed by atoms with E-state index in [2.05, 4.69) is 37.2 Å². The standard InChI is InChI=1S/C16H15Br2F2N/c1-2-21-16(11-8-10(17)6-7-13(11)18)9-12-14(19)4-3-5-15(12)20/h3-8,16,21H,2,9H2,1H3. The lowest BCUT2D eigenvalue weighted by Gasteiger charge is -2.21. The molecule has 0 fully saturated rings. The maximum absolute atomic E-state index is 13.9. The summed E-state index contributed by atoms with van der Waals surface area (Å²) < 4.78 is 29.6. The molecule has 2 aromatic carbocycles. The summed E-state index contributed by atoms with van der Waals surface area (Å²) in [6.07, 6.45) is 0.251. The van der Waals surface area contributed by atoms with E-state index < -0.39 is 11.6 Å². The van der Waals surface area contributed by atoms with Crippen LogP contribution in [0.3, 0.4) is 0 Å². The lowest BCUT2D eigenvalue weighted by Crippen LogP contribution is -2.24. The van der Waals surface area contributed by atoms with Gasteiger partial charge in [0.2, 0.25) is 0 Å². The van der Waals surface area contributed by atoms with Gasteiger partial charge in [-0.05, 0) is 48.9 Å². The van der Waals surface area contributed by atoms with Crippen LogP contribution in [0.2, 0.25) is 0 Å². The molecular weight excluding hydrogens is 404 g/mol. The quantitative estimate of drug-likeness (QED) is 0.686. The summed E-state index contributed by atoms with van der Waals surface area (Å²) in [5, 5.41) is 3.29. The van der Waals surface area contributed by atoms with Crippen molar-refractivity contribution in [3.63, 3.8) is 0 Å². The van der Waals surface area contributed by atoms with Gasteiger partial charge in [0, 0.05) is 20.6 Å². The van der Waals surface area contributed by atoms with Crippen LogP contribution in [0.25, 0.3) is 0 Å². The summed E-state index contributed by atoms with van der Waals surface area (Å²) in [7, 11) is 0. The molecule has 0 heterocycles. The van der Waals surface area contributed by atoms with Crippen LogP contribution in [0.15, 0.2) is 45.3 Å². The van der Waals surface area contributed by atoms with Crippen molar-refractivity contribution in [2.45, 2.75) is 19.4 Å². The molecule has 112 valence electrons. The number of hydrogen-bond acceptors (Lipinski definition) is 1. The van der Waals surface area contributed by atoms with E-state index in [0.717, 1.165) is 14.5 Å². The molecule has 0 amide bonds. The van der Waals surface area contributed by atoms with E-state index in [1.807, 2.05) is 25.1 Å². The van der Waals surface area contributed by atoms with Crippen molar-refractivity contribution in [3.05, 3.63) is 68.1 Å². The molecule has 0 bridgehead atoms. The predicted molar refractivity (Wildman–Crippen MR) is 88.3 cm³/mol. The summed E-state index contributed by atoms with van der Waals surface area (Å²) in [6, 6.07) is 9.58. The van der Waals surface area contributed by atoms with Crippen molar-refractivity contribution in [3.8, 4) is 0 Å². The van der Waals surface area contributed by atoms with Crippen LogP contribution >= 0.6 is 31.9 Å². The molecule has 1 N–H and O–H groups in total. The average molecular weight is 419 g/mol. The Labute approximate surface area is 140 Å². The summed E-state index contributed by atoms with van der Waals surface area (Å²) in [5.74, 6) is -1.02. The van der Waals surface area contributed by atoms with Gasteiger partial charge < -0.3 is 5.32 Å². The lowest BCUT2D eigenvalue weighted by molar-refractivity contribution is 0.498. The molecule has 0 radical (unpaired) electrons. The zero-order valence-electron chi connectivity index (χ0n) is 11.5. The number of nitrogens with one attached hydrogen (secondary N) is 1. The third-order valence-corrected chi connectivity index (χ3v) is 4.47. The molecule has 2 aromatic rings. The normalized spacial score (nSPS) is 12.4. The molecule has 0 aliphatic rings. The van der Waals surface area contributed by atoms with Crippen LogP contribution in [-0.2, 0) is 6.42 Å². The first-order valence-corrected chi connectivity index (χ1v) is 8.22. The Balaban J connectivity index is 2.38. The highest BCUT2D eigenvalue weighted by Gasteiger charge is 2.19. The SMILES string of the molecule is CCNC(Cc1c(F)cccc1F)c1cc(Br)ccc1Br. The highest BCUT2D eigenvalue weighted by molar-refractivity contribution is 9.11. The molecular formula is C16H15Br2F2N. The van der Waals surface area contributed by atoms with Gasteiger partial charge in [0.1, 0.15) is 11.6 Å². The minimum atomic E-state index is -0.510. The van der Waals surface area contributed by atoms with Gasteiger partial charge in [0.25, 0.3) is 0 Å². The minimum absolute atomic E-state index is 0.107. The second-order valence-corrected chi connectivity index (χ2v) is 6.45. The van der Waals surface area contributed by atoms with Gasteiger partial charge in [-0.25, -0.2) is 8.78 Å². The van der Waals surface area contributed by atoms with E-state index in [9.17, 15) is 8.78 Å². The van der Waals surface area contributed by atoms with E-state index >= 15 is 0 Å². The number of halogens is 4. The third-order valence-electron chi connectivity index (χ3n) is 3.25. The fourth-order valence-electron chi connectivity index (χ4n) is 2.25. The van der Waals surface area contributed by atoms with Crippen LogP contribution in [-0.4, -0.2) is 6.54 Å². The number of benzene rings is 2. The third kappa shape index (κ3) is 4.11. The fourth-order valence-corrected chi connectivity index (χ4v) is 3.15. The van der Waals surface area contributed by atoms with E-state index in [-0.39, 0.29) is 18.0 Å². The smallest absolute Gasteiger partial charge is 0.129 e. The molecule has 0 spiro atoms. The zero-order chi connectivity index (χ0) is 15.4. The van der Waals surface area contributed by atoms with Gasteiger partial charge in [0.15, 0.2) is 0 Å². The molecule has 0 aromatic heterocycles. The monoisotopic (exact) mass is 417 g/mol. The summed E-state index contributed by atoms with van der Waals surface area (Å²) in [4.78, 5) is 0. The van der Waals surface area contributed by atoms with Crippen molar-refractivity contribution in [1.29, 1.82) is 0 Å². The Hall–Kier alpha value is -0.780. The fraction of sp³-hybridized carbons (Fsp3) is 0.250. The Morgan fingerprint density at radius 1 is 1.10 bits per heavy atom. The van der Waals surface area contributed by atoms with Crippen LogP contribution < -0.4 is 5.32 Å². The second kappa shape index (κ2) is 7.47. The number of likely N-dealkylation sites (N-methyl/N-ethyl adjacent to an activating group) is 1. The molecule has 5 heteroatoms. The number of rotatable bonds is 5. The van der Waals surface area contributed by atoms with E-state index in [4.69, 9.17) is 0 Å². The average Bonchev–Trinajstić information content (AvgIpc) is 2.44. The first-order valence-electron chi connectivity index (χ1n) is 6.64. The van der Waals surface area contributed by atoms with E-state index in [1.54, 1.807) is 0 Å². The summed E-state index contributed by atoms with van der Waals surface area (Å²) in [6.45, 7) is 2.68. The first-order chi connectivity index (χ1) is 10.0. The maximum Gasteiger partial charge on any atom is 0.129 e. The first kappa shape index (κ1) is 16.6. The molecule has 2 rings (SSSR count). The summed E-state index contributed by atoms with van der Waals surface area (Å²) >= 11 is 6.94.